The summed E-state index contributed by atoms with van der Waals surface area (Å²) in [5.41, 5.74) is 10.00. The van der Waals surface area contributed by atoms with Gasteiger partial charge in [-0.25, -0.2) is 5.43 Å². The van der Waals surface area contributed by atoms with Crippen LogP contribution in [0.1, 0.15) is 10.4 Å². The Kier molecular flexibility index (Phi) is 4.28. The topological polar surface area (TPSA) is 116 Å². The second-order valence-corrected chi connectivity index (χ2v) is 6.26. The van der Waals surface area contributed by atoms with E-state index in [9.17, 15) is 4.79 Å². The molecule has 2 heterocycles. The summed E-state index contributed by atoms with van der Waals surface area (Å²) < 4.78 is 11.3. The third-order valence-electron chi connectivity index (χ3n) is 3.52. The number of fused-ring (bicyclic) bond motifs is 1. The highest BCUT2D eigenvalue weighted by atomic mass is 32.2. The minimum absolute atomic E-state index is 0.316. The Bertz CT molecular complexity index is 984. The fourth-order valence-electron chi connectivity index (χ4n) is 2.26. The van der Waals surface area contributed by atoms with Gasteiger partial charge in [0, 0.05) is 11.3 Å². The molecule has 1 aromatic heterocycles. The van der Waals surface area contributed by atoms with Gasteiger partial charge in [-0.2, -0.15) is 0 Å². The predicted octanol–water partition coefficient (Wildman–Crippen LogP) is 2.55. The van der Waals surface area contributed by atoms with Crippen molar-refractivity contribution in [3.05, 3.63) is 54.1 Å². The summed E-state index contributed by atoms with van der Waals surface area (Å²) in [6.45, 7) is 0. The number of hydrogen-bond donors (Lipinski definition) is 2. The van der Waals surface area contributed by atoms with Crippen molar-refractivity contribution in [2.24, 2.45) is 5.10 Å². The Balaban J connectivity index is 1.45. The molecule has 0 atom stereocenters. The number of hydrogen-bond acceptors (Lipinski definition) is 8. The largest absolute Gasteiger partial charge is 0.440 e. The van der Waals surface area contributed by atoms with Gasteiger partial charge in [-0.05, 0) is 36.4 Å². The number of carbonyl (C=O) groups is 1. The van der Waals surface area contributed by atoms with Crippen LogP contribution in [-0.4, -0.2) is 27.8 Å². The average molecular weight is 367 g/mol. The van der Waals surface area contributed by atoms with E-state index in [0.29, 0.717) is 39.8 Å². The van der Waals surface area contributed by atoms with Crippen molar-refractivity contribution >= 4 is 29.3 Å². The van der Waals surface area contributed by atoms with Gasteiger partial charge in [0.05, 0.1) is 11.3 Å². The molecule has 130 valence electrons. The molecule has 4 rings (SSSR count). The highest BCUT2D eigenvalue weighted by Crippen LogP contribution is 2.25. The van der Waals surface area contributed by atoms with Crippen molar-refractivity contribution in [1.29, 1.82) is 0 Å². The van der Waals surface area contributed by atoms with Crippen LogP contribution in [0.5, 0.6) is 5.75 Å². The first-order valence-corrected chi connectivity index (χ1v) is 8.63. The van der Waals surface area contributed by atoms with Crippen LogP contribution >= 0.6 is 11.8 Å². The number of ether oxygens (including phenoxy) is 1. The Labute approximate surface area is 152 Å². The highest BCUT2D eigenvalue weighted by molar-refractivity contribution is 7.99. The van der Waals surface area contributed by atoms with Gasteiger partial charge < -0.3 is 14.9 Å². The Hall–Kier alpha value is -3.33. The van der Waals surface area contributed by atoms with E-state index in [1.54, 1.807) is 36.4 Å². The zero-order valence-corrected chi connectivity index (χ0v) is 14.2. The molecule has 0 radical (unpaired) electrons. The second-order valence-electron chi connectivity index (χ2n) is 5.33. The molecule has 1 amide bonds. The fourth-order valence-corrected chi connectivity index (χ4v) is 2.87. The number of hydrazone groups is 1. The van der Waals surface area contributed by atoms with Gasteiger partial charge in [-0.3, -0.25) is 4.79 Å². The van der Waals surface area contributed by atoms with Gasteiger partial charge in [0.2, 0.25) is 11.8 Å². The molecule has 0 aliphatic carbocycles. The summed E-state index contributed by atoms with van der Waals surface area (Å²) in [5.74, 6) is 1.19. The molecule has 2 aromatic carbocycles. The SMILES string of the molecule is Nc1ccc(-c2nnc(SCC3=NNC(=O)c4ccccc4O3)o2)cc1. The molecule has 3 N–H and O–H groups in total. The van der Waals surface area contributed by atoms with Gasteiger partial charge in [0.25, 0.3) is 11.1 Å². The minimum atomic E-state index is -0.316. The lowest BCUT2D eigenvalue weighted by Crippen LogP contribution is -2.18. The van der Waals surface area contributed by atoms with Gasteiger partial charge in [-0.15, -0.1) is 15.3 Å². The summed E-state index contributed by atoms with van der Waals surface area (Å²) in [7, 11) is 0. The maximum absolute atomic E-state index is 12.0. The average Bonchev–Trinajstić information content (AvgIpc) is 3.07. The molecule has 3 aromatic rings. The van der Waals surface area contributed by atoms with Gasteiger partial charge >= 0.3 is 0 Å². The third kappa shape index (κ3) is 3.38. The highest BCUT2D eigenvalue weighted by Gasteiger charge is 2.19. The van der Waals surface area contributed by atoms with Gasteiger partial charge in [0.1, 0.15) is 5.75 Å². The second kappa shape index (κ2) is 6.89. The van der Waals surface area contributed by atoms with Crippen LogP contribution < -0.4 is 15.9 Å². The van der Waals surface area contributed by atoms with Crippen molar-refractivity contribution in [1.82, 2.24) is 15.6 Å². The minimum Gasteiger partial charge on any atom is -0.440 e. The molecule has 1 aliphatic rings. The number of amides is 1. The third-order valence-corrected chi connectivity index (χ3v) is 4.33. The van der Waals surface area contributed by atoms with Crippen molar-refractivity contribution < 1.29 is 13.9 Å². The van der Waals surface area contributed by atoms with E-state index in [1.807, 2.05) is 12.1 Å². The van der Waals surface area contributed by atoms with E-state index >= 15 is 0 Å². The number of carbonyl (C=O) groups excluding carboxylic acids is 1. The van der Waals surface area contributed by atoms with Gasteiger partial charge in [-0.1, -0.05) is 23.9 Å². The molecule has 0 fully saturated rings. The van der Waals surface area contributed by atoms with Crippen LogP contribution in [0.15, 0.2) is 63.3 Å². The molecule has 0 unspecified atom stereocenters. The van der Waals surface area contributed by atoms with Gasteiger partial charge in [0.15, 0.2) is 0 Å². The Morgan fingerprint density at radius 3 is 2.73 bits per heavy atom. The molecule has 9 heteroatoms. The van der Waals surface area contributed by atoms with Crippen LogP contribution in [0.2, 0.25) is 0 Å². The summed E-state index contributed by atoms with van der Waals surface area (Å²) in [6.07, 6.45) is 0. The lowest BCUT2D eigenvalue weighted by atomic mass is 10.2. The number of thioether (sulfide) groups is 1. The monoisotopic (exact) mass is 367 g/mol. The zero-order valence-electron chi connectivity index (χ0n) is 13.4. The fraction of sp³-hybridized carbons (Fsp3) is 0.0588. The number of aromatic nitrogens is 2. The molecular formula is C17H13N5O3S. The molecule has 0 spiro atoms. The van der Waals surface area contributed by atoms with E-state index in [1.165, 1.54) is 11.8 Å². The summed E-state index contributed by atoms with van der Waals surface area (Å²) >= 11 is 1.26. The molecule has 26 heavy (non-hydrogen) atoms. The van der Waals surface area contributed by atoms with E-state index in [2.05, 4.69) is 20.7 Å². The summed E-state index contributed by atoms with van der Waals surface area (Å²) in [6, 6.07) is 14.1. The predicted molar refractivity (Wildman–Crippen MR) is 96.8 cm³/mol. The lowest BCUT2D eigenvalue weighted by molar-refractivity contribution is 0.0955. The van der Waals surface area contributed by atoms with Crippen LogP contribution in [0, 0.1) is 0 Å². The molecule has 0 saturated carbocycles. The van der Waals surface area contributed by atoms with E-state index in [4.69, 9.17) is 14.9 Å². The number of para-hydroxylation sites is 1. The number of nitrogens with two attached hydrogens (primary N) is 1. The number of nitrogens with one attached hydrogen (secondary N) is 1. The van der Waals surface area contributed by atoms with Crippen molar-refractivity contribution in [3.63, 3.8) is 0 Å². The summed E-state index contributed by atoms with van der Waals surface area (Å²) in [4.78, 5) is 12.0. The van der Waals surface area contributed by atoms with Crippen molar-refractivity contribution in [2.45, 2.75) is 5.22 Å². The van der Waals surface area contributed by atoms with E-state index < -0.39 is 0 Å². The Morgan fingerprint density at radius 2 is 1.88 bits per heavy atom. The molecular weight excluding hydrogens is 354 g/mol. The number of anilines is 1. The zero-order chi connectivity index (χ0) is 17.9. The van der Waals surface area contributed by atoms with E-state index in [-0.39, 0.29) is 5.91 Å². The molecule has 0 bridgehead atoms. The van der Waals surface area contributed by atoms with Crippen molar-refractivity contribution in [2.75, 3.05) is 11.5 Å². The maximum Gasteiger partial charge on any atom is 0.277 e. The first-order chi connectivity index (χ1) is 12.7. The van der Waals surface area contributed by atoms with Crippen molar-refractivity contribution in [3.8, 4) is 17.2 Å². The number of benzene rings is 2. The number of nitrogens with zero attached hydrogens (tertiary/aromatic N) is 3. The maximum atomic E-state index is 12.0. The van der Waals surface area contributed by atoms with E-state index in [0.717, 1.165) is 5.56 Å². The molecule has 0 saturated heterocycles. The van der Waals surface area contributed by atoms with Crippen LogP contribution in [0.4, 0.5) is 5.69 Å². The molecule has 1 aliphatic heterocycles. The van der Waals surface area contributed by atoms with Crippen LogP contribution in [-0.2, 0) is 0 Å². The summed E-state index contributed by atoms with van der Waals surface area (Å²) in [5, 5.41) is 12.4. The normalized spacial score (nSPS) is 13.2. The number of rotatable bonds is 4. The first-order valence-electron chi connectivity index (χ1n) is 7.65. The Morgan fingerprint density at radius 1 is 1.08 bits per heavy atom. The first kappa shape index (κ1) is 16.2. The standard InChI is InChI=1S/C17H13N5O3S/c18-11-7-5-10(6-8-11)16-21-22-17(25-16)26-9-14-19-20-15(23)12-3-1-2-4-13(12)24-14/h1-8H,9,18H2,(H,20,23). The van der Waals surface area contributed by atoms with Crippen LogP contribution in [0.3, 0.4) is 0 Å². The quantitative estimate of drug-likeness (QED) is 0.538. The smallest absolute Gasteiger partial charge is 0.277 e. The van der Waals surface area contributed by atoms with Crippen LogP contribution in [0.25, 0.3) is 11.5 Å². The molecule has 8 nitrogen and oxygen atoms in total. The lowest BCUT2D eigenvalue weighted by Gasteiger charge is -2.06. The number of nitrogen functional groups attached to an aromatic ring is 1.